The maximum Gasteiger partial charge on any atom is 0.307 e. The van der Waals surface area contributed by atoms with Gasteiger partial charge in [0, 0.05) is 0 Å². The number of nitrogens with zero attached hydrogens (tertiary/aromatic N) is 1. The van der Waals surface area contributed by atoms with Gasteiger partial charge in [0.1, 0.15) is 0 Å². The van der Waals surface area contributed by atoms with Gasteiger partial charge >= 0.3 is 5.97 Å². The van der Waals surface area contributed by atoms with Gasteiger partial charge in [0.05, 0.1) is 21.1 Å². The molecule has 2 rings (SSSR count). The van der Waals surface area contributed by atoms with Crippen LogP contribution in [0.4, 0.5) is 0 Å². The second kappa shape index (κ2) is 5.06. The molecule has 0 aliphatic rings. The maximum atomic E-state index is 11.2. The fraction of sp³-hybridized carbons (Fsp3) is 0.429. The Morgan fingerprint density at radius 3 is 2.78 bits per heavy atom. The van der Waals surface area contributed by atoms with E-state index >= 15 is 0 Å². The van der Waals surface area contributed by atoms with Gasteiger partial charge in [0.2, 0.25) is 0 Å². The Morgan fingerprint density at radius 2 is 2.17 bits per heavy atom. The van der Waals surface area contributed by atoms with Crippen LogP contribution in [0.5, 0.6) is 0 Å². The Labute approximate surface area is 110 Å². The van der Waals surface area contributed by atoms with Crippen molar-refractivity contribution in [1.29, 1.82) is 0 Å². The zero-order valence-corrected chi connectivity index (χ0v) is 11.6. The average molecular weight is 263 g/mol. The summed E-state index contributed by atoms with van der Waals surface area (Å²) in [5.41, 5.74) is 2.07. The standard InChI is InChI=1S/C14H17NO2S/c1-8(2)11(14(16)17)6-10-4-5-12-13(7-10)18-9(3)15-12/h4-5,7-8,11H,6H2,1-3H3,(H,16,17). The number of aromatic nitrogens is 1. The van der Waals surface area contributed by atoms with E-state index in [0.29, 0.717) is 6.42 Å². The molecule has 0 radical (unpaired) electrons. The largest absolute Gasteiger partial charge is 0.481 e. The number of carboxylic acid groups (broad SMARTS) is 1. The molecule has 1 atom stereocenters. The summed E-state index contributed by atoms with van der Waals surface area (Å²) in [6.07, 6.45) is 0.583. The Balaban J connectivity index is 2.27. The molecule has 1 heterocycles. The quantitative estimate of drug-likeness (QED) is 0.918. The molecule has 0 spiro atoms. The zero-order chi connectivity index (χ0) is 13.3. The predicted molar refractivity (Wildman–Crippen MR) is 74.0 cm³/mol. The Hall–Kier alpha value is -1.42. The highest BCUT2D eigenvalue weighted by atomic mass is 32.1. The highest BCUT2D eigenvalue weighted by Crippen LogP contribution is 2.25. The molecule has 0 saturated carbocycles. The van der Waals surface area contributed by atoms with Crippen LogP contribution in [-0.2, 0) is 11.2 Å². The van der Waals surface area contributed by atoms with E-state index in [-0.39, 0.29) is 11.8 Å². The van der Waals surface area contributed by atoms with Gasteiger partial charge in [-0.05, 0) is 37.0 Å². The molecular formula is C14H17NO2S. The van der Waals surface area contributed by atoms with Gasteiger partial charge in [0.15, 0.2) is 0 Å². The molecule has 0 aliphatic heterocycles. The van der Waals surface area contributed by atoms with Crippen molar-refractivity contribution in [2.24, 2.45) is 11.8 Å². The first-order valence-electron chi connectivity index (χ1n) is 6.06. The van der Waals surface area contributed by atoms with Gasteiger partial charge in [0.25, 0.3) is 0 Å². The molecule has 1 aromatic heterocycles. The number of aliphatic carboxylic acids is 1. The number of carbonyl (C=O) groups is 1. The Morgan fingerprint density at radius 1 is 1.44 bits per heavy atom. The van der Waals surface area contributed by atoms with Crippen molar-refractivity contribution in [3.63, 3.8) is 0 Å². The van der Waals surface area contributed by atoms with Gasteiger partial charge < -0.3 is 5.11 Å². The van der Waals surface area contributed by atoms with Crippen molar-refractivity contribution >= 4 is 27.5 Å². The monoisotopic (exact) mass is 263 g/mol. The number of rotatable bonds is 4. The van der Waals surface area contributed by atoms with Gasteiger partial charge in [-0.2, -0.15) is 0 Å². The van der Waals surface area contributed by atoms with E-state index in [2.05, 4.69) is 11.1 Å². The first kappa shape index (κ1) is 13.0. The molecule has 18 heavy (non-hydrogen) atoms. The Kier molecular flexibility index (Phi) is 3.66. The van der Waals surface area contributed by atoms with Crippen LogP contribution in [0, 0.1) is 18.8 Å². The molecule has 1 unspecified atom stereocenters. The van der Waals surface area contributed by atoms with Gasteiger partial charge in [-0.3, -0.25) is 4.79 Å². The van der Waals surface area contributed by atoms with E-state index < -0.39 is 5.97 Å². The molecule has 0 aliphatic carbocycles. The first-order valence-corrected chi connectivity index (χ1v) is 6.88. The third kappa shape index (κ3) is 2.70. The lowest BCUT2D eigenvalue weighted by molar-refractivity contribution is -0.143. The van der Waals surface area contributed by atoms with E-state index in [1.54, 1.807) is 11.3 Å². The van der Waals surface area contributed by atoms with Crippen LogP contribution in [0.15, 0.2) is 18.2 Å². The number of hydrogen-bond acceptors (Lipinski definition) is 3. The van der Waals surface area contributed by atoms with Gasteiger partial charge in [-0.25, -0.2) is 4.98 Å². The predicted octanol–water partition coefficient (Wildman–Crippen LogP) is 3.50. The second-order valence-corrected chi connectivity index (χ2v) is 6.16. The number of carboxylic acids is 1. The van der Waals surface area contributed by atoms with Crippen molar-refractivity contribution in [2.45, 2.75) is 27.2 Å². The second-order valence-electron chi connectivity index (χ2n) is 4.93. The third-order valence-electron chi connectivity index (χ3n) is 3.14. The molecule has 0 saturated heterocycles. The summed E-state index contributed by atoms with van der Waals surface area (Å²) in [6, 6.07) is 6.03. The summed E-state index contributed by atoms with van der Waals surface area (Å²) in [5, 5.41) is 10.3. The van der Waals surface area contributed by atoms with E-state index in [4.69, 9.17) is 0 Å². The highest BCUT2D eigenvalue weighted by Gasteiger charge is 2.21. The summed E-state index contributed by atoms with van der Waals surface area (Å²) in [6.45, 7) is 5.89. The number of fused-ring (bicyclic) bond motifs is 1. The summed E-state index contributed by atoms with van der Waals surface area (Å²) in [7, 11) is 0. The van der Waals surface area contributed by atoms with Gasteiger partial charge in [-0.15, -0.1) is 11.3 Å². The molecular weight excluding hydrogens is 246 g/mol. The van der Waals surface area contributed by atoms with Crippen LogP contribution < -0.4 is 0 Å². The maximum absolute atomic E-state index is 11.2. The van der Waals surface area contributed by atoms with E-state index in [1.165, 1.54) is 0 Å². The molecule has 1 N–H and O–H groups in total. The summed E-state index contributed by atoms with van der Waals surface area (Å²) < 4.78 is 1.14. The lowest BCUT2D eigenvalue weighted by atomic mass is 9.89. The fourth-order valence-corrected chi connectivity index (χ4v) is 2.96. The fourth-order valence-electron chi connectivity index (χ4n) is 2.07. The average Bonchev–Trinajstić information content (AvgIpc) is 2.64. The molecule has 0 bridgehead atoms. The topological polar surface area (TPSA) is 50.2 Å². The number of benzene rings is 1. The van der Waals surface area contributed by atoms with Crippen molar-refractivity contribution < 1.29 is 9.90 Å². The normalized spacial score (nSPS) is 13.1. The minimum absolute atomic E-state index is 0.140. The molecule has 4 heteroatoms. The molecule has 3 nitrogen and oxygen atoms in total. The third-order valence-corrected chi connectivity index (χ3v) is 4.07. The molecule has 0 fully saturated rings. The molecule has 96 valence electrons. The van der Waals surface area contributed by atoms with Crippen molar-refractivity contribution in [2.75, 3.05) is 0 Å². The minimum Gasteiger partial charge on any atom is -0.481 e. The van der Waals surface area contributed by atoms with E-state index in [9.17, 15) is 9.90 Å². The lowest BCUT2D eigenvalue weighted by Crippen LogP contribution is -2.22. The minimum atomic E-state index is -0.717. The van der Waals surface area contributed by atoms with Crippen molar-refractivity contribution in [3.05, 3.63) is 28.8 Å². The van der Waals surface area contributed by atoms with Crippen LogP contribution in [-0.4, -0.2) is 16.1 Å². The number of hydrogen-bond donors (Lipinski definition) is 1. The summed E-state index contributed by atoms with van der Waals surface area (Å²) in [5.74, 6) is -0.900. The highest BCUT2D eigenvalue weighted by molar-refractivity contribution is 7.18. The summed E-state index contributed by atoms with van der Waals surface area (Å²) in [4.78, 5) is 15.6. The van der Waals surface area contributed by atoms with Crippen molar-refractivity contribution in [1.82, 2.24) is 4.98 Å². The van der Waals surface area contributed by atoms with Crippen LogP contribution >= 0.6 is 11.3 Å². The lowest BCUT2D eigenvalue weighted by Gasteiger charge is -2.15. The molecule has 0 amide bonds. The van der Waals surface area contributed by atoms with Crippen LogP contribution in [0.25, 0.3) is 10.2 Å². The van der Waals surface area contributed by atoms with E-state index in [1.807, 2.05) is 32.9 Å². The number of aryl methyl sites for hydroxylation is 1. The van der Waals surface area contributed by atoms with Crippen molar-refractivity contribution in [3.8, 4) is 0 Å². The zero-order valence-electron chi connectivity index (χ0n) is 10.8. The summed E-state index contributed by atoms with van der Waals surface area (Å²) >= 11 is 1.65. The smallest absolute Gasteiger partial charge is 0.307 e. The first-order chi connectivity index (χ1) is 8.47. The van der Waals surface area contributed by atoms with Crippen LogP contribution in [0.3, 0.4) is 0 Å². The van der Waals surface area contributed by atoms with E-state index in [0.717, 1.165) is 20.8 Å². The van der Waals surface area contributed by atoms with Gasteiger partial charge in [-0.1, -0.05) is 19.9 Å². The SMILES string of the molecule is Cc1nc2ccc(CC(C(=O)O)C(C)C)cc2s1. The Bertz CT molecular complexity index is 574. The van der Waals surface area contributed by atoms with Crippen LogP contribution in [0.2, 0.25) is 0 Å². The molecule has 1 aromatic carbocycles. The number of thiazole rings is 1. The molecule has 2 aromatic rings. The van der Waals surface area contributed by atoms with Crippen LogP contribution in [0.1, 0.15) is 24.4 Å².